The summed E-state index contributed by atoms with van der Waals surface area (Å²) < 4.78 is 23.5. The second-order valence-electron chi connectivity index (χ2n) is 7.28. The van der Waals surface area contributed by atoms with Gasteiger partial charge in [0.2, 0.25) is 5.82 Å². The van der Waals surface area contributed by atoms with E-state index < -0.39 is 23.7 Å². The number of benzene rings is 2. The third-order valence-electron chi connectivity index (χ3n) is 4.55. The van der Waals surface area contributed by atoms with E-state index in [0.717, 1.165) is 0 Å². The first-order valence-corrected chi connectivity index (χ1v) is 10.3. The van der Waals surface area contributed by atoms with Crippen molar-refractivity contribution < 1.29 is 23.2 Å². The minimum Gasteiger partial charge on any atom is -0.467 e. The number of halogens is 1. The van der Waals surface area contributed by atoms with Crippen LogP contribution >= 0.6 is 12.2 Å². The van der Waals surface area contributed by atoms with Crippen molar-refractivity contribution in [3.05, 3.63) is 60.2 Å². The van der Waals surface area contributed by atoms with Crippen LogP contribution in [-0.2, 0) is 9.53 Å². The molecule has 0 radical (unpaired) electrons. The lowest BCUT2D eigenvalue weighted by molar-refractivity contribution is -0.144. The Hall–Kier alpha value is -3.86. The maximum atomic E-state index is 13.7. The monoisotopic (exact) mass is 471 g/mol. The number of esters is 1. The Labute approximate surface area is 194 Å². The van der Waals surface area contributed by atoms with Crippen LogP contribution in [0.15, 0.2) is 53.1 Å². The summed E-state index contributed by atoms with van der Waals surface area (Å²) in [6, 6.07) is 12.2. The van der Waals surface area contributed by atoms with E-state index in [4.69, 9.17) is 21.5 Å². The third-order valence-corrected chi connectivity index (χ3v) is 4.76. The van der Waals surface area contributed by atoms with Crippen molar-refractivity contribution >= 4 is 40.6 Å². The van der Waals surface area contributed by atoms with E-state index in [0.29, 0.717) is 11.3 Å². The molecule has 0 bridgehead atoms. The number of carbonyl (C=O) groups is 2. The zero-order valence-corrected chi connectivity index (χ0v) is 18.9. The van der Waals surface area contributed by atoms with Crippen molar-refractivity contribution in [1.82, 2.24) is 15.5 Å². The summed E-state index contributed by atoms with van der Waals surface area (Å²) in [5.74, 6) is -1.94. The zero-order chi connectivity index (χ0) is 24.0. The SMILES string of the molecule is COC(=O)C(NC(=O)c1nc(-c2ccc(NC(=S)Nc3ccccc3F)cc2)no1)C(C)C. The summed E-state index contributed by atoms with van der Waals surface area (Å²) in [7, 11) is 1.25. The molecule has 2 aromatic carbocycles. The number of thiocarbonyl (C=S) groups is 1. The molecule has 3 aromatic rings. The van der Waals surface area contributed by atoms with Crippen molar-refractivity contribution in [2.24, 2.45) is 5.92 Å². The molecule has 1 aromatic heterocycles. The number of aromatic nitrogens is 2. The van der Waals surface area contributed by atoms with Crippen LogP contribution in [0.5, 0.6) is 0 Å². The van der Waals surface area contributed by atoms with Gasteiger partial charge in [-0.1, -0.05) is 31.1 Å². The van der Waals surface area contributed by atoms with Gasteiger partial charge in [-0.05, 0) is 54.5 Å². The first kappa shape index (κ1) is 23.8. The van der Waals surface area contributed by atoms with E-state index in [1.54, 1.807) is 56.3 Å². The highest BCUT2D eigenvalue weighted by Gasteiger charge is 2.27. The molecule has 0 aliphatic heterocycles. The molecule has 1 unspecified atom stereocenters. The predicted molar refractivity (Wildman–Crippen MR) is 124 cm³/mol. The van der Waals surface area contributed by atoms with Gasteiger partial charge in [-0.2, -0.15) is 4.98 Å². The highest BCUT2D eigenvalue weighted by molar-refractivity contribution is 7.80. The number of carbonyl (C=O) groups excluding carboxylic acids is 2. The molecule has 0 spiro atoms. The Morgan fingerprint density at radius 2 is 1.79 bits per heavy atom. The number of hydrogen-bond donors (Lipinski definition) is 3. The highest BCUT2D eigenvalue weighted by atomic mass is 32.1. The summed E-state index contributed by atoms with van der Waals surface area (Å²) in [5, 5.41) is 12.3. The van der Waals surface area contributed by atoms with E-state index in [-0.39, 0.29) is 28.4 Å². The van der Waals surface area contributed by atoms with Gasteiger partial charge in [-0.25, -0.2) is 9.18 Å². The average molecular weight is 472 g/mol. The lowest BCUT2D eigenvalue weighted by Gasteiger charge is -2.18. The Balaban J connectivity index is 1.63. The molecule has 1 atom stereocenters. The molecule has 3 N–H and O–H groups in total. The standard InChI is InChI=1S/C22H22FN5O4S/c1-12(2)17(21(30)31-3)26-19(29)20-27-18(28-32-20)13-8-10-14(11-9-13)24-22(33)25-16-7-5-4-6-15(16)23/h4-12,17H,1-3H3,(H,26,29)(H2,24,25,33). The molecule has 172 valence electrons. The van der Waals surface area contributed by atoms with Crippen molar-refractivity contribution in [2.75, 3.05) is 17.7 Å². The molecule has 1 heterocycles. The van der Waals surface area contributed by atoms with E-state index in [1.807, 2.05) is 0 Å². The molecule has 0 aliphatic rings. The molecule has 3 rings (SSSR count). The van der Waals surface area contributed by atoms with Crippen LogP contribution < -0.4 is 16.0 Å². The Morgan fingerprint density at radius 1 is 1.09 bits per heavy atom. The van der Waals surface area contributed by atoms with Crippen molar-refractivity contribution in [3.8, 4) is 11.4 Å². The van der Waals surface area contributed by atoms with Crippen LogP contribution in [0.2, 0.25) is 0 Å². The predicted octanol–water partition coefficient (Wildman–Crippen LogP) is 3.61. The van der Waals surface area contributed by atoms with Crippen LogP contribution in [0.3, 0.4) is 0 Å². The Bertz CT molecular complexity index is 1150. The first-order valence-electron chi connectivity index (χ1n) is 9.94. The van der Waals surface area contributed by atoms with Crippen LogP contribution in [0.25, 0.3) is 11.4 Å². The van der Waals surface area contributed by atoms with Crippen LogP contribution in [0.4, 0.5) is 15.8 Å². The van der Waals surface area contributed by atoms with Crippen molar-refractivity contribution in [1.29, 1.82) is 0 Å². The summed E-state index contributed by atoms with van der Waals surface area (Å²) in [4.78, 5) is 28.3. The summed E-state index contributed by atoms with van der Waals surface area (Å²) >= 11 is 5.21. The molecule has 0 saturated carbocycles. The largest absolute Gasteiger partial charge is 0.467 e. The third kappa shape index (κ3) is 6.10. The number of rotatable bonds is 7. The molecular weight excluding hydrogens is 449 g/mol. The van der Waals surface area contributed by atoms with Crippen LogP contribution in [-0.4, -0.2) is 40.3 Å². The average Bonchev–Trinajstić information content (AvgIpc) is 3.29. The van der Waals surface area contributed by atoms with Gasteiger partial charge in [0.15, 0.2) is 5.11 Å². The molecule has 1 amide bonds. The molecule has 0 saturated heterocycles. The first-order chi connectivity index (χ1) is 15.8. The number of nitrogens with zero attached hydrogens (tertiary/aromatic N) is 2. The van der Waals surface area contributed by atoms with Crippen LogP contribution in [0.1, 0.15) is 24.5 Å². The van der Waals surface area contributed by atoms with E-state index >= 15 is 0 Å². The minimum atomic E-state index is -0.843. The number of methoxy groups -OCH3 is 1. The van der Waals surface area contributed by atoms with Gasteiger partial charge >= 0.3 is 17.8 Å². The van der Waals surface area contributed by atoms with E-state index in [9.17, 15) is 14.0 Å². The van der Waals surface area contributed by atoms with Crippen LogP contribution in [0, 0.1) is 11.7 Å². The highest BCUT2D eigenvalue weighted by Crippen LogP contribution is 2.20. The normalized spacial score (nSPS) is 11.5. The fourth-order valence-electron chi connectivity index (χ4n) is 2.81. The number of nitrogens with one attached hydrogen (secondary N) is 3. The maximum absolute atomic E-state index is 13.7. The molecule has 11 heteroatoms. The van der Waals surface area contributed by atoms with Crippen molar-refractivity contribution in [3.63, 3.8) is 0 Å². The Morgan fingerprint density at radius 3 is 2.42 bits per heavy atom. The minimum absolute atomic E-state index is 0.192. The number of amides is 1. The molecule has 33 heavy (non-hydrogen) atoms. The van der Waals surface area contributed by atoms with Gasteiger partial charge in [-0.15, -0.1) is 0 Å². The quantitative estimate of drug-likeness (QED) is 0.351. The number of ether oxygens (including phenoxy) is 1. The number of hydrogen-bond acceptors (Lipinski definition) is 7. The molecule has 0 aliphatic carbocycles. The number of para-hydroxylation sites is 1. The summed E-state index contributed by atoms with van der Waals surface area (Å²) in [6.45, 7) is 3.54. The second-order valence-corrected chi connectivity index (χ2v) is 7.69. The second kappa shape index (κ2) is 10.6. The van der Waals surface area contributed by atoms with Gasteiger partial charge < -0.3 is 25.2 Å². The van der Waals surface area contributed by atoms with E-state index in [1.165, 1.54) is 13.2 Å². The lowest BCUT2D eigenvalue weighted by Crippen LogP contribution is -2.45. The van der Waals surface area contributed by atoms with Gasteiger partial charge in [0.1, 0.15) is 11.9 Å². The van der Waals surface area contributed by atoms with Crippen molar-refractivity contribution in [2.45, 2.75) is 19.9 Å². The van der Waals surface area contributed by atoms with E-state index in [2.05, 4.69) is 26.1 Å². The molecule has 0 fully saturated rings. The fraction of sp³-hybridized carbons (Fsp3) is 0.227. The molecule has 9 nitrogen and oxygen atoms in total. The zero-order valence-electron chi connectivity index (χ0n) is 18.1. The lowest BCUT2D eigenvalue weighted by atomic mass is 10.0. The summed E-state index contributed by atoms with van der Waals surface area (Å²) in [6.07, 6.45) is 0. The maximum Gasteiger partial charge on any atom is 0.328 e. The Kier molecular flexibility index (Phi) is 7.67. The fourth-order valence-corrected chi connectivity index (χ4v) is 3.04. The summed E-state index contributed by atoms with van der Waals surface area (Å²) in [5.41, 5.74) is 1.49. The van der Waals surface area contributed by atoms with Gasteiger partial charge in [0, 0.05) is 11.3 Å². The smallest absolute Gasteiger partial charge is 0.328 e. The van der Waals surface area contributed by atoms with Gasteiger partial charge in [0.25, 0.3) is 0 Å². The topological polar surface area (TPSA) is 118 Å². The number of anilines is 2. The molecular formula is C22H22FN5O4S. The van der Waals surface area contributed by atoms with Gasteiger partial charge in [0.05, 0.1) is 12.8 Å². The van der Waals surface area contributed by atoms with Gasteiger partial charge in [-0.3, -0.25) is 4.79 Å².